The molecule has 2 N–H and O–H groups in total. The zero-order chi connectivity index (χ0) is 13.8. The van der Waals surface area contributed by atoms with E-state index in [0.29, 0.717) is 5.75 Å². The minimum absolute atomic E-state index is 0.0155. The maximum absolute atomic E-state index is 11.3. The summed E-state index contributed by atoms with van der Waals surface area (Å²) in [5.74, 6) is 0.919. The third-order valence-corrected chi connectivity index (χ3v) is 4.48. The van der Waals surface area contributed by atoms with Gasteiger partial charge in [-0.2, -0.15) is 0 Å². The van der Waals surface area contributed by atoms with Crippen molar-refractivity contribution in [3.8, 4) is 5.75 Å². The lowest BCUT2D eigenvalue weighted by Crippen LogP contribution is -2.16. The molecule has 0 aliphatic rings. The van der Waals surface area contributed by atoms with Crippen LogP contribution in [0.3, 0.4) is 0 Å². The number of nitrogens with two attached hydrogens (primary N) is 1. The first-order valence-corrected chi connectivity index (χ1v) is 7.87. The van der Waals surface area contributed by atoms with E-state index >= 15 is 0 Å². The molecule has 1 atom stereocenters. The molecule has 5 heteroatoms. The van der Waals surface area contributed by atoms with E-state index in [-0.39, 0.29) is 24.2 Å². The number of sulfone groups is 1. The Bertz CT molecular complexity index is 495. The van der Waals surface area contributed by atoms with Gasteiger partial charge in [0, 0.05) is 11.8 Å². The van der Waals surface area contributed by atoms with Crippen LogP contribution in [0.2, 0.25) is 0 Å². The van der Waals surface area contributed by atoms with E-state index in [4.69, 9.17) is 10.5 Å². The molecule has 0 saturated carbocycles. The molecule has 0 spiro atoms. The zero-order valence-electron chi connectivity index (χ0n) is 11.1. The lowest BCUT2D eigenvalue weighted by atomic mass is 10.1. The molecule has 0 amide bonds. The van der Waals surface area contributed by atoms with Crippen LogP contribution >= 0.6 is 0 Å². The number of rotatable bonds is 6. The third-order valence-electron chi connectivity index (χ3n) is 2.82. The molecule has 102 valence electrons. The van der Waals surface area contributed by atoms with Gasteiger partial charge < -0.3 is 10.5 Å². The van der Waals surface area contributed by atoms with Crippen LogP contribution < -0.4 is 10.5 Å². The van der Waals surface area contributed by atoms with Gasteiger partial charge >= 0.3 is 0 Å². The molecule has 4 nitrogen and oxygen atoms in total. The average molecular weight is 271 g/mol. The molecular weight excluding hydrogens is 250 g/mol. The Labute approximate surface area is 109 Å². The van der Waals surface area contributed by atoms with Gasteiger partial charge in [0.1, 0.15) is 12.4 Å². The van der Waals surface area contributed by atoms with Gasteiger partial charge in [0.05, 0.1) is 5.75 Å². The molecule has 0 aliphatic heterocycles. The van der Waals surface area contributed by atoms with Gasteiger partial charge in [0.15, 0.2) is 9.84 Å². The van der Waals surface area contributed by atoms with Crippen LogP contribution in [-0.4, -0.2) is 26.5 Å². The van der Waals surface area contributed by atoms with Crippen molar-refractivity contribution >= 4 is 9.84 Å². The fourth-order valence-electron chi connectivity index (χ4n) is 1.54. The van der Waals surface area contributed by atoms with Gasteiger partial charge in [-0.05, 0) is 31.0 Å². The second-order valence-corrected chi connectivity index (χ2v) is 6.87. The van der Waals surface area contributed by atoms with Crippen LogP contribution in [-0.2, 0) is 9.84 Å². The van der Waals surface area contributed by atoms with Crippen molar-refractivity contribution in [2.45, 2.75) is 26.8 Å². The van der Waals surface area contributed by atoms with Gasteiger partial charge in [-0.3, -0.25) is 0 Å². The molecule has 0 fully saturated rings. The lowest BCUT2D eigenvalue weighted by molar-refractivity contribution is 0.338. The van der Waals surface area contributed by atoms with Crippen molar-refractivity contribution in [2.75, 3.05) is 18.1 Å². The molecule has 1 aromatic carbocycles. The number of hydrogen-bond acceptors (Lipinski definition) is 4. The second-order valence-electron chi connectivity index (χ2n) is 4.40. The molecule has 1 aromatic rings. The summed E-state index contributed by atoms with van der Waals surface area (Å²) in [6.45, 7) is 5.67. The molecule has 0 unspecified atom stereocenters. The summed E-state index contributed by atoms with van der Waals surface area (Å²) in [6, 6.07) is 5.70. The summed E-state index contributed by atoms with van der Waals surface area (Å²) >= 11 is 0. The van der Waals surface area contributed by atoms with Crippen molar-refractivity contribution < 1.29 is 13.2 Å². The highest BCUT2D eigenvalue weighted by Crippen LogP contribution is 2.21. The molecular formula is C13H21NO3S. The maximum atomic E-state index is 11.3. The van der Waals surface area contributed by atoms with Crippen LogP contribution in [0.5, 0.6) is 5.75 Å². The van der Waals surface area contributed by atoms with Crippen molar-refractivity contribution in [3.63, 3.8) is 0 Å². The van der Waals surface area contributed by atoms with E-state index in [2.05, 4.69) is 0 Å². The lowest BCUT2D eigenvalue weighted by Gasteiger charge is -2.12. The summed E-state index contributed by atoms with van der Waals surface area (Å²) in [5.41, 5.74) is 7.80. The Morgan fingerprint density at radius 2 is 2.06 bits per heavy atom. The molecule has 0 radical (unpaired) electrons. The van der Waals surface area contributed by atoms with Gasteiger partial charge in [-0.1, -0.05) is 19.1 Å². The second kappa shape index (κ2) is 6.20. The number of ether oxygens (including phenoxy) is 1. The Morgan fingerprint density at radius 1 is 1.39 bits per heavy atom. The minimum atomic E-state index is -2.97. The van der Waals surface area contributed by atoms with Gasteiger partial charge in [-0.15, -0.1) is 0 Å². The summed E-state index contributed by atoms with van der Waals surface area (Å²) in [6.07, 6.45) is 0. The topological polar surface area (TPSA) is 69.4 Å². The normalized spacial score (nSPS) is 13.3. The van der Waals surface area contributed by atoms with E-state index in [1.807, 2.05) is 32.0 Å². The minimum Gasteiger partial charge on any atom is -0.492 e. The van der Waals surface area contributed by atoms with Crippen LogP contribution in [0.25, 0.3) is 0 Å². The molecule has 1 rings (SSSR count). The molecule has 0 saturated heterocycles. The standard InChI is InChI=1S/C13H21NO3S/c1-4-18(15,16)8-7-17-13-6-5-12(11(3)14)9-10(13)2/h5-6,9,11H,4,7-8,14H2,1-3H3/t11-/m1/s1. The third kappa shape index (κ3) is 4.31. The summed E-state index contributed by atoms with van der Waals surface area (Å²) in [7, 11) is -2.97. The molecule has 0 aliphatic carbocycles. The maximum Gasteiger partial charge on any atom is 0.153 e. The smallest absolute Gasteiger partial charge is 0.153 e. The van der Waals surface area contributed by atoms with Gasteiger partial charge in [-0.25, -0.2) is 8.42 Å². The first-order valence-electron chi connectivity index (χ1n) is 6.05. The Hall–Kier alpha value is -1.07. The van der Waals surface area contributed by atoms with Gasteiger partial charge in [0.2, 0.25) is 0 Å². The van der Waals surface area contributed by atoms with Gasteiger partial charge in [0.25, 0.3) is 0 Å². The molecule has 0 heterocycles. The van der Waals surface area contributed by atoms with E-state index in [1.165, 1.54) is 0 Å². The van der Waals surface area contributed by atoms with E-state index in [9.17, 15) is 8.42 Å². The van der Waals surface area contributed by atoms with Crippen molar-refractivity contribution in [2.24, 2.45) is 5.73 Å². The first-order chi connectivity index (χ1) is 8.35. The Kier molecular flexibility index (Phi) is 5.16. The van der Waals surface area contributed by atoms with Crippen LogP contribution in [0.15, 0.2) is 18.2 Å². The summed E-state index contributed by atoms with van der Waals surface area (Å²) < 4.78 is 28.1. The van der Waals surface area contributed by atoms with Crippen molar-refractivity contribution in [1.29, 1.82) is 0 Å². The van der Waals surface area contributed by atoms with Crippen molar-refractivity contribution in [3.05, 3.63) is 29.3 Å². The van der Waals surface area contributed by atoms with Crippen molar-refractivity contribution in [1.82, 2.24) is 0 Å². The number of aryl methyl sites for hydroxylation is 1. The highest BCUT2D eigenvalue weighted by Gasteiger charge is 2.09. The molecule has 0 aromatic heterocycles. The number of benzene rings is 1. The first kappa shape index (κ1) is 15.0. The number of hydrogen-bond donors (Lipinski definition) is 1. The zero-order valence-corrected chi connectivity index (χ0v) is 12.0. The van der Waals surface area contributed by atoms with Crippen LogP contribution in [0.1, 0.15) is 31.0 Å². The Balaban J connectivity index is 2.64. The summed E-state index contributed by atoms with van der Waals surface area (Å²) in [5, 5.41) is 0. The van der Waals surface area contributed by atoms with E-state index in [1.54, 1.807) is 6.92 Å². The highest BCUT2D eigenvalue weighted by molar-refractivity contribution is 7.91. The van der Waals surface area contributed by atoms with Crippen LogP contribution in [0.4, 0.5) is 0 Å². The highest BCUT2D eigenvalue weighted by atomic mass is 32.2. The molecule has 18 heavy (non-hydrogen) atoms. The average Bonchev–Trinajstić information content (AvgIpc) is 2.31. The summed E-state index contributed by atoms with van der Waals surface area (Å²) in [4.78, 5) is 0. The quantitative estimate of drug-likeness (QED) is 0.857. The molecule has 0 bridgehead atoms. The predicted octanol–water partition coefficient (Wildman–Crippen LogP) is 1.83. The fraction of sp³-hybridized carbons (Fsp3) is 0.538. The monoisotopic (exact) mass is 271 g/mol. The SMILES string of the molecule is CCS(=O)(=O)CCOc1ccc([C@@H](C)N)cc1C. The van der Waals surface area contributed by atoms with E-state index < -0.39 is 9.84 Å². The van der Waals surface area contributed by atoms with E-state index in [0.717, 1.165) is 11.1 Å². The largest absolute Gasteiger partial charge is 0.492 e. The predicted molar refractivity (Wildman–Crippen MR) is 73.6 cm³/mol. The van der Waals surface area contributed by atoms with Crippen LogP contribution in [0, 0.1) is 6.92 Å². The fourth-order valence-corrected chi connectivity index (χ4v) is 2.17. The Morgan fingerprint density at radius 3 is 2.56 bits per heavy atom.